The van der Waals surface area contributed by atoms with E-state index in [1.54, 1.807) is 11.1 Å². The standard InChI is InChI=1S/C27H28/c1-4-6-12-20-14-10-18-23-24-19-11-15-21(13-7-5-2)26(24)27(3,25(20)23)22-16-8-9-17-22/h4-8,10-14,16-17,19,23-24H,1-2,9,15,18H2,3H3/b12-6+,13-7+. The topological polar surface area (TPSA) is 0 Å². The minimum Gasteiger partial charge on any atom is -0.0991 e. The molecule has 0 heteroatoms. The van der Waals surface area contributed by atoms with Crippen LogP contribution < -0.4 is 0 Å². The Morgan fingerprint density at radius 2 is 1.81 bits per heavy atom. The maximum atomic E-state index is 3.87. The lowest BCUT2D eigenvalue weighted by molar-refractivity contribution is 0.544. The van der Waals surface area contributed by atoms with Gasteiger partial charge >= 0.3 is 0 Å². The summed E-state index contributed by atoms with van der Waals surface area (Å²) in [5.41, 5.74) is 7.41. The normalized spacial score (nSPS) is 31.8. The molecular weight excluding hydrogens is 324 g/mol. The summed E-state index contributed by atoms with van der Waals surface area (Å²) in [6.07, 6.45) is 32.1. The Balaban J connectivity index is 2.01. The molecule has 0 saturated heterocycles. The predicted octanol–water partition coefficient (Wildman–Crippen LogP) is 7.12. The van der Waals surface area contributed by atoms with Crippen LogP contribution in [-0.2, 0) is 0 Å². The molecule has 0 N–H and O–H groups in total. The van der Waals surface area contributed by atoms with Gasteiger partial charge in [0, 0.05) is 11.3 Å². The molecule has 4 rings (SSSR count). The van der Waals surface area contributed by atoms with Gasteiger partial charge in [0.2, 0.25) is 0 Å². The van der Waals surface area contributed by atoms with Crippen LogP contribution in [-0.4, -0.2) is 0 Å². The lowest BCUT2D eigenvalue weighted by Gasteiger charge is -2.34. The predicted molar refractivity (Wildman–Crippen MR) is 117 cm³/mol. The fourth-order valence-corrected chi connectivity index (χ4v) is 5.44. The van der Waals surface area contributed by atoms with Crippen LogP contribution in [0.4, 0.5) is 0 Å². The summed E-state index contributed by atoms with van der Waals surface area (Å²) in [4.78, 5) is 0. The largest absolute Gasteiger partial charge is 0.0991 e. The first-order valence-electron chi connectivity index (χ1n) is 9.98. The smallest absolute Gasteiger partial charge is 0.0363 e. The lowest BCUT2D eigenvalue weighted by Crippen LogP contribution is -2.23. The van der Waals surface area contributed by atoms with Crippen LogP contribution in [0.3, 0.4) is 0 Å². The van der Waals surface area contributed by atoms with Crippen molar-refractivity contribution in [2.24, 2.45) is 17.3 Å². The molecule has 4 aliphatic carbocycles. The van der Waals surface area contributed by atoms with Crippen LogP contribution in [0, 0.1) is 17.3 Å². The van der Waals surface area contributed by atoms with Crippen molar-refractivity contribution in [1.82, 2.24) is 0 Å². The second kappa shape index (κ2) is 7.19. The van der Waals surface area contributed by atoms with Crippen molar-refractivity contribution in [3.8, 4) is 0 Å². The molecule has 4 aliphatic rings. The van der Waals surface area contributed by atoms with E-state index in [9.17, 15) is 0 Å². The number of rotatable bonds is 5. The first-order valence-corrected chi connectivity index (χ1v) is 9.98. The SMILES string of the molecule is C=C/C=C/C1=C2C(CC=C1)C1C=CCC(/C=C/C=C)=C1C2(C)C1=CCC=C1. The van der Waals surface area contributed by atoms with Crippen LogP contribution in [0.5, 0.6) is 0 Å². The molecule has 3 unspecified atom stereocenters. The van der Waals surface area contributed by atoms with Crippen molar-refractivity contribution in [1.29, 1.82) is 0 Å². The van der Waals surface area contributed by atoms with E-state index >= 15 is 0 Å². The lowest BCUT2D eigenvalue weighted by atomic mass is 9.69. The van der Waals surface area contributed by atoms with Crippen molar-refractivity contribution in [3.63, 3.8) is 0 Å². The van der Waals surface area contributed by atoms with E-state index in [0.29, 0.717) is 11.8 Å². The Morgan fingerprint density at radius 3 is 2.56 bits per heavy atom. The van der Waals surface area contributed by atoms with Crippen LogP contribution in [0.1, 0.15) is 26.2 Å². The molecule has 0 radical (unpaired) electrons. The average Bonchev–Trinajstić information content (AvgIpc) is 3.32. The van der Waals surface area contributed by atoms with E-state index in [1.807, 2.05) is 12.2 Å². The van der Waals surface area contributed by atoms with Gasteiger partial charge in [0.25, 0.3) is 0 Å². The molecule has 0 aromatic rings. The molecule has 0 amide bonds. The van der Waals surface area contributed by atoms with Crippen LogP contribution in [0.2, 0.25) is 0 Å². The van der Waals surface area contributed by atoms with Gasteiger partial charge in [0.1, 0.15) is 0 Å². The van der Waals surface area contributed by atoms with E-state index in [-0.39, 0.29) is 5.41 Å². The van der Waals surface area contributed by atoms with Crippen LogP contribution in [0.25, 0.3) is 0 Å². The molecular formula is C27H28. The monoisotopic (exact) mass is 352 g/mol. The van der Waals surface area contributed by atoms with E-state index in [1.165, 1.54) is 16.7 Å². The van der Waals surface area contributed by atoms with Crippen molar-refractivity contribution < 1.29 is 0 Å². The van der Waals surface area contributed by atoms with Crippen molar-refractivity contribution in [3.05, 3.63) is 120 Å². The molecule has 0 nitrogen and oxygen atoms in total. The van der Waals surface area contributed by atoms with Crippen molar-refractivity contribution in [2.45, 2.75) is 26.2 Å². The van der Waals surface area contributed by atoms with Gasteiger partial charge in [-0.2, -0.15) is 0 Å². The number of hydrogen-bond acceptors (Lipinski definition) is 0. The molecule has 0 bridgehead atoms. The maximum Gasteiger partial charge on any atom is 0.0363 e. The summed E-state index contributed by atoms with van der Waals surface area (Å²) in [6.45, 7) is 10.2. The summed E-state index contributed by atoms with van der Waals surface area (Å²) >= 11 is 0. The number of allylic oxidation sites excluding steroid dienone is 18. The zero-order valence-electron chi connectivity index (χ0n) is 16.2. The van der Waals surface area contributed by atoms with Gasteiger partial charge in [0.15, 0.2) is 0 Å². The van der Waals surface area contributed by atoms with E-state index in [0.717, 1.165) is 19.3 Å². The second-order valence-corrected chi connectivity index (χ2v) is 7.82. The van der Waals surface area contributed by atoms with Gasteiger partial charge in [-0.3, -0.25) is 0 Å². The van der Waals surface area contributed by atoms with Gasteiger partial charge in [0.05, 0.1) is 0 Å². The minimum atomic E-state index is -0.0421. The third kappa shape index (κ3) is 2.75. The molecule has 0 aromatic carbocycles. The third-order valence-corrected chi connectivity index (χ3v) is 6.43. The van der Waals surface area contributed by atoms with Crippen LogP contribution >= 0.6 is 0 Å². The Labute approximate surface area is 163 Å². The summed E-state index contributed by atoms with van der Waals surface area (Å²) in [7, 11) is 0. The first kappa shape index (κ1) is 17.8. The Morgan fingerprint density at radius 1 is 1.00 bits per heavy atom. The van der Waals surface area contributed by atoms with Gasteiger partial charge in [-0.25, -0.2) is 0 Å². The summed E-state index contributed by atoms with van der Waals surface area (Å²) in [6, 6.07) is 0. The van der Waals surface area contributed by atoms with Crippen molar-refractivity contribution in [2.75, 3.05) is 0 Å². The number of hydrogen-bond donors (Lipinski definition) is 0. The minimum absolute atomic E-state index is 0.0421. The molecule has 0 heterocycles. The zero-order chi connectivity index (χ0) is 18.9. The summed E-state index contributed by atoms with van der Waals surface area (Å²) in [5.74, 6) is 1.02. The van der Waals surface area contributed by atoms with Gasteiger partial charge in [-0.05, 0) is 60.0 Å². The Hall–Kier alpha value is -2.60. The first-order chi connectivity index (χ1) is 13.2. The van der Waals surface area contributed by atoms with E-state index in [4.69, 9.17) is 0 Å². The third-order valence-electron chi connectivity index (χ3n) is 6.43. The molecule has 136 valence electrons. The fourth-order valence-electron chi connectivity index (χ4n) is 5.44. The van der Waals surface area contributed by atoms with Gasteiger partial charge < -0.3 is 0 Å². The maximum absolute atomic E-state index is 3.87. The Kier molecular flexibility index (Phi) is 4.74. The summed E-state index contributed by atoms with van der Waals surface area (Å²) < 4.78 is 0. The molecule has 0 aromatic heterocycles. The molecule has 3 atom stereocenters. The summed E-state index contributed by atoms with van der Waals surface area (Å²) in [5, 5.41) is 0. The number of fused-ring (bicyclic) bond motifs is 3. The highest BCUT2D eigenvalue weighted by Crippen LogP contribution is 2.63. The molecule has 27 heavy (non-hydrogen) atoms. The van der Waals surface area contributed by atoms with E-state index < -0.39 is 0 Å². The van der Waals surface area contributed by atoms with Gasteiger partial charge in [-0.1, -0.05) is 92.1 Å². The molecule has 1 fully saturated rings. The molecule has 0 spiro atoms. The fraction of sp³-hybridized carbons (Fsp3) is 0.259. The van der Waals surface area contributed by atoms with Crippen LogP contribution in [0.15, 0.2) is 120 Å². The average molecular weight is 353 g/mol. The van der Waals surface area contributed by atoms with Crippen molar-refractivity contribution >= 4 is 0 Å². The molecule has 0 aliphatic heterocycles. The zero-order valence-corrected chi connectivity index (χ0v) is 16.2. The highest BCUT2D eigenvalue weighted by atomic mass is 14.6. The van der Waals surface area contributed by atoms with Gasteiger partial charge in [-0.15, -0.1) is 0 Å². The highest BCUT2D eigenvalue weighted by molar-refractivity contribution is 5.63. The van der Waals surface area contributed by atoms with E-state index in [2.05, 4.69) is 86.9 Å². The molecule has 1 saturated carbocycles. The quantitative estimate of drug-likeness (QED) is 0.365. The Bertz CT molecular complexity index is 904. The second-order valence-electron chi connectivity index (χ2n) is 7.82. The highest BCUT2D eigenvalue weighted by Gasteiger charge is 2.53.